The molecule has 17 heavy (non-hydrogen) atoms. The number of rotatable bonds is 3. The van der Waals surface area contributed by atoms with Gasteiger partial charge >= 0.3 is 0 Å². The van der Waals surface area contributed by atoms with Crippen LogP contribution in [0.5, 0.6) is 5.75 Å². The van der Waals surface area contributed by atoms with Gasteiger partial charge in [-0.25, -0.2) is 9.67 Å². The molecular formula is C13H17N3O. The Bertz CT molecular complexity index is 531. The molecule has 1 aromatic carbocycles. The van der Waals surface area contributed by atoms with Gasteiger partial charge in [-0.15, -0.1) is 0 Å². The average molecular weight is 231 g/mol. The fourth-order valence-electron chi connectivity index (χ4n) is 1.84. The van der Waals surface area contributed by atoms with Crippen molar-refractivity contribution in [3.05, 3.63) is 35.4 Å². The molecule has 90 valence electrons. The molecule has 4 heteroatoms. The predicted molar refractivity (Wildman–Crippen MR) is 66.5 cm³/mol. The molecule has 2 rings (SSSR count). The van der Waals surface area contributed by atoms with Crippen molar-refractivity contribution in [2.45, 2.75) is 33.6 Å². The van der Waals surface area contributed by atoms with E-state index in [1.165, 1.54) is 0 Å². The molecule has 4 nitrogen and oxygen atoms in total. The molecule has 2 aromatic rings. The van der Waals surface area contributed by atoms with Crippen molar-refractivity contribution in [3.63, 3.8) is 0 Å². The van der Waals surface area contributed by atoms with Crippen LogP contribution in [0.1, 0.15) is 31.1 Å². The smallest absolute Gasteiger partial charge is 0.151 e. The standard InChI is InChI=1S/C13H17N3O/c1-4-12-14-13(5-2)16(15-12)11-7-6-10(17)8-9(11)3/h6-8,17H,4-5H2,1-3H3. The Kier molecular flexibility index (Phi) is 3.13. The normalized spacial score (nSPS) is 10.8. The maximum absolute atomic E-state index is 9.42. The minimum absolute atomic E-state index is 0.278. The lowest BCUT2D eigenvalue weighted by Gasteiger charge is -2.08. The highest BCUT2D eigenvalue weighted by Gasteiger charge is 2.11. The minimum Gasteiger partial charge on any atom is -0.508 e. The SMILES string of the molecule is CCc1nc(CC)n(-c2ccc(O)cc2C)n1. The fourth-order valence-corrected chi connectivity index (χ4v) is 1.84. The lowest BCUT2D eigenvalue weighted by molar-refractivity contribution is 0.474. The van der Waals surface area contributed by atoms with Crippen LogP contribution in [0.3, 0.4) is 0 Å². The van der Waals surface area contributed by atoms with E-state index in [9.17, 15) is 5.11 Å². The third kappa shape index (κ3) is 2.16. The molecule has 0 spiro atoms. The molecule has 0 amide bonds. The average Bonchev–Trinajstić information content (AvgIpc) is 2.72. The van der Waals surface area contributed by atoms with Gasteiger partial charge in [0.25, 0.3) is 0 Å². The van der Waals surface area contributed by atoms with Crippen molar-refractivity contribution in [2.75, 3.05) is 0 Å². The van der Waals surface area contributed by atoms with Gasteiger partial charge in [0.15, 0.2) is 5.82 Å². The molecule has 0 atom stereocenters. The highest BCUT2D eigenvalue weighted by atomic mass is 16.3. The van der Waals surface area contributed by atoms with Crippen LogP contribution in [0.25, 0.3) is 5.69 Å². The van der Waals surface area contributed by atoms with Crippen molar-refractivity contribution in [2.24, 2.45) is 0 Å². The van der Waals surface area contributed by atoms with E-state index in [1.54, 1.807) is 12.1 Å². The second-order valence-corrected chi connectivity index (χ2v) is 4.03. The quantitative estimate of drug-likeness (QED) is 0.882. The highest BCUT2D eigenvalue weighted by Crippen LogP contribution is 2.20. The summed E-state index contributed by atoms with van der Waals surface area (Å²) in [5, 5.41) is 13.9. The number of phenolic OH excluding ortho intramolecular Hbond substituents is 1. The number of hydrogen-bond donors (Lipinski definition) is 1. The zero-order valence-electron chi connectivity index (χ0n) is 10.4. The summed E-state index contributed by atoms with van der Waals surface area (Å²) >= 11 is 0. The number of nitrogens with zero attached hydrogens (tertiary/aromatic N) is 3. The first-order chi connectivity index (χ1) is 8.15. The molecule has 1 aromatic heterocycles. The van der Waals surface area contributed by atoms with Crippen molar-refractivity contribution < 1.29 is 5.11 Å². The van der Waals surface area contributed by atoms with Gasteiger partial charge in [-0.1, -0.05) is 13.8 Å². The van der Waals surface area contributed by atoms with Crippen molar-refractivity contribution in [1.82, 2.24) is 14.8 Å². The highest BCUT2D eigenvalue weighted by molar-refractivity contribution is 5.44. The Labute approximate surface area is 101 Å². The van der Waals surface area contributed by atoms with Crippen LogP contribution in [-0.4, -0.2) is 19.9 Å². The second-order valence-electron chi connectivity index (χ2n) is 4.03. The van der Waals surface area contributed by atoms with E-state index >= 15 is 0 Å². The lowest BCUT2D eigenvalue weighted by Crippen LogP contribution is -2.03. The summed E-state index contributed by atoms with van der Waals surface area (Å²) in [5.41, 5.74) is 1.97. The van der Waals surface area contributed by atoms with Crippen LogP contribution in [-0.2, 0) is 12.8 Å². The van der Waals surface area contributed by atoms with Gasteiger partial charge in [0.1, 0.15) is 11.6 Å². The summed E-state index contributed by atoms with van der Waals surface area (Å²) in [6, 6.07) is 5.29. The van der Waals surface area contributed by atoms with Gasteiger partial charge in [-0.2, -0.15) is 5.10 Å². The number of hydrogen-bond acceptors (Lipinski definition) is 3. The van der Waals surface area contributed by atoms with Gasteiger partial charge in [0.05, 0.1) is 5.69 Å². The Balaban J connectivity index is 2.55. The van der Waals surface area contributed by atoms with Crippen LogP contribution in [0, 0.1) is 6.92 Å². The lowest BCUT2D eigenvalue weighted by atomic mass is 10.2. The topological polar surface area (TPSA) is 50.9 Å². The maximum Gasteiger partial charge on any atom is 0.151 e. The molecule has 0 aliphatic rings. The number of aromatic hydroxyl groups is 1. The summed E-state index contributed by atoms with van der Waals surface area (Å²) in [7, 11) is 0. The molecular weight excluding hydrogens is 214 g/mol. The van der Waals surface area contributed by atoms with E-state index in [-0.39, 0.29) is 5.75 Å². The second kappa shape index (κ2) is 4.57. The first kappa shape index (κ1) is 11.6. The summed E-state index contributed by atoms with van der Waals surface area (Å²) < 4.78 is 1.87. The van der Waals surface area contributed by atoms with Crippen LogP contribution in [0.15, 0.2) is 18.2 Å². The minimum atomic E-state index is 0.278. The number of aromatic nitrogens is 3. The van der Waals surface area contributed by atoms with E-state index in [0.717, 1.165) is 35.7 Å². The van der Waals surface area contributed by atoms with E-state index in [1.807, 2.05) is 24.6 Å². The zero-order chi connectivity index (χ0) is 12.4. The van der Waals surface area contributed by atoms with Gasteiger partial charge in [0, 0.05) is 12.8 Å². The molecule has 0 aliphatic heterocycles. The van der Waals surface area contributed by atoms with Gasteiger partial charge in [0.2, 0.25) is 0 Å². The van der Waals surface area contributed by atoms with Crippen LogP contribution >= 0.6 is 0 Å². The zero-order valence-corrected chi connectivity index (χ0v) is 10.4. The maximum atomic E-state index is 9.42. The van der Waals surface area contributed by atoms with E-state index in [4.69, 9.17) is 0 Å². The van der Waals surface area contributed by atoms with Crippen LogP contribution in [0.4, 0.5) is 0 Å². The summed E-state index contributed by atoms with van der Waals surface area (Å²) in [5.74, 6) is 2.09. The summed E-state index contributed by atoms with van der Waals surface area (Å²) in [4.78, 5) is 4.48. The van der Waals surface area contributed by atoms with Crippen molar-refractivity contribution >= 4 is 0 Å². The molecule has 0 fully saturated rings. The molecule has 0 saturated carbocycles. The first-order valence-electron chi connectivity index (χ1n) is 5.90. The molecule has 1 N–H and O–H groups in total. The number of benzene rings is 1. The predicted octanol–water partition coefficient (Wildman–Crippen LogP) is 2.41. The third-order valence-corrected chi connectivity index (χ3v) is 2.76. The molecule has 0 saturated heterocycles. The molecule has 0 bridgehead atoms. The molecule has 1 heterocycles. The number of aryl methyl sites for hydroxylation is 3. The van der Waals surface area contributed by atoms with Gasteiger partial charge in [-0.05, 0) is 30.7 Å². The third-order valence-electron chi connectivity index (χ3n) is 2.76. The summed E-state index contributed by atoms with van der Waals surface area (Å²) in [6.07, 6.45) is 1.67. The monoisotopic (exact) mass is 231 g/mol. The summed E-state index contributed by atoms with van der Waals surface area (Å²) in [6.45, 7) is 6.07. The van der Waals surface area contributed by atoms with Crippen LogP contribution < -0.4 is 0 Å². The van der Waals surface area contributed by atoms with Crippen LogP contribution in [0.2, 0.25) is 0 Å². The van der Waals surface area contributed by atoms with E-state index in [0.29, 0.717) is 0 Å². The van der Waals surface area contributed by atoms with Gasteiger partial charge < -0.3 is 5.11 Å². The van der Waals surface area contributed by atoms with Gasteiger partial charge in [-0.3, -0.25) is 0 Å². The Morgan fingerprint density at radius 2 is 2.00 bits per heavy atom. The molecule has 0 radical (unpaired) electrons. The Morgan fingerprint density at radius 1 is 1.24 bits per heavy atom. The Hall–Kier alpha value is -1.84. The number of phenols is 1. The first-order valence-corrected chi connectivity index (χ1v) is 5.90. The van der Waals surface area contributed by atoms with Crippen molar-refractivity contribution in [3.8, 4) is 11.4 Å². The van der Waals surface area contributed by atoms with Crippen molar-refractivity contribution in [1.29, 1.82) is 0 Å². The molecule has 0 unspecified atom stereocenters. The Morgan fingerprint density at radius 3 is 2.59 bits per heavy atom. The van der Waals surface area contributed by atoms with E-state index < -0.39 is 0 Å². The van der Waals surface area contributed by atoms with E-state index in [2.05, 4.69) is 17.0 Å². The molecule has 0 aliphatic carbocycles. The fraction of sp³-hybridized carbons (Fsp3) is 0.385. The largest absolute Gasteiger partial charge is 0.508 e.